The lowest BCUT2D eigenvalue weighted by atomic mass is 9.88. The molecule has 0 aliphatic heterocycles. The molecule has 650 valence electrons. The van der Waals surface area contributed by atoms with E-state index in [0.717, 1.165) is 123 Å². The number of fused-ring (bicyclic) bond motifs is 7. The molecular formula is C91H88Br4N16O15. The van der Waals surface area contributed by atoms with Crippen LogP contribution in [-0.4, -0.2) is 171 Å². The van der Waals surface area contributed by atoms with Crippen LogP contribution in [0.4, 0.5) is 9.59 Å². The minimum absolute atomic E-state index is 0.0764. The fraction of sp³-hybridized carbons (Fsp3) is 0.176. The smallest absolute Gasteiger partial charge is 0.435 e. The molecule has 9 N–H and O–H groups in total. The molecule has 7 heterocycles. The van der Waals surface area contributed by atoms with E-state index in [4.69, 9.17) is 42.7 Å². The largest absolute Gasteiger partial charge is 0.480 e. The number of halogens is 4. The first kappa shape index (κ1) is 93.0. The molecule has 31 nitrogen and oxygen atoms in total. The van der Waals surface area contributed by atoms with Crippen molar-refractivity contribution in [3.63, 3.8) is 0 Å². The summed E-state index contributed by atoms with van der Waals surface area (Å²) in [4.78, 5) is 74.5. The molecule has 17 aromatic rings. The highest BCUT2D eigenvalue weighted by Crippen LogP contribution is 2.35. The summed E-state index contributed by atoms with van der Waals surface area (Å²) in [6, 6.07) is 69.9. The van der Waals surface area contributed by atoms with Crippen molar-refractivity contribution in [1.29, 1.82) is 0 Å². The number of esters is 1. The number of hydroxylamine groups is 1. The summed E-state index contributed by atoms with van der Waals surface area (Å²) in [5.41, 5.74) is 15.4. The van der Waals surface area contributed by atoms with Crippen molar-refractivity contribution in [2.24, 2.45) is 0 Å². The molecule has 1 atom stereocenters. The van der Waals surface area contributed by atoms with Crippen LogP contribution < -0.4 is 45.6 Å². The molecule has 10 aromatic carbocycles. The summed E-state index contributed by atoms with van der Waals surface area (Å²) in [6.45, 7) is 7.12. The van der Waals surface area contributed by atoms with Gasteiger partial charge in [-0.3, -0.25) is 45.3 Å². The van der Waals surface area contributed by atoms with Crippen molar-refractivity contribution < 1.29 is 61.9 Å². The van der Waals surface area contributed by atoms with E-state index in [1.165, 1.54) is 42.1 Å². The second-order valence-corrected chi connectivity index (χ2v) is 30.4. The average Bonchev–Trinajstić information content (AvgIpc) is 1.64. The van der Waals surface area contributed by atoms with Gasteiger partial charge in [0, 0.05) is 43.0 Å². The van der Waals surface area contributed by atoms with Crippen LogP contribution in [-0.2, 0) is 28.6 Å². The number of carbonyl (C=O) groups excluding carboxylic acids is 4. The Labute approximate surface area is 754 Å². The molecule has 0 saturated carbocycles. The van der Waals surface area contributed by atoms with Crippen molar-refractivity contribution in [3.05, 3.63) is 303 Å². The highest BCUT2D eigenvalue weighted by atomic mass is 79.9. The van der Waals surface area contributed by atoms with Crippen LogP contribution in [0.5, 0.6) is 29.4 Å². The lowest BCUT2D eigenvalue weighted by molar-refractivity contribution is -0.143. The van der Waals surface area contributed by atoms with Crippen LogP contribution >= 0.6 is 63.7 Å². The van der Waals surface area contributed by atoms with E-state index in [-0.39, 0.29) is 23.7 Å². The first-order chi connectivity index (χ1) is 61.2. The monoisotopic (exact) mass is 1960 g/mol. The van der Waals surface area contributed by atoms with Crippen LogP contribution in [0, 0.1) is 0 Å². The van der Waals surface area contributed by atoms with Gasteiger partial charge >= 0.3 is 24.1 Å². The van der Waals surface area contributed by atoms with Crippen molar-refractivity contribution in [2.45, 2.75) is 33.1 Å². The van der Waals surface area contributed by atoms with Crippen LogP contribution in [0.3, 0.4) is 0 Å². The van der Waals surface area contributed by atoms with E-state index in [0.29, 0.717) is 70.3 Å². The zero-order valence-electron chi connectivity index (χ0n) is 69.8. The third-order valence-electron chi connectivity index (χ3n) is 18.9. The number of aromatic nitrogens is 14. The zero-order valence-corrected chi connectivity index (χ0v) is 76.2. The number of nitrogens with zero attached hydrogens (tertiary/aromatic N) is 7. The first-order valence-electron chi connectivity index (χ1n) is 39.0. The third kappa shape index (κ3) is 23.6. The second-order valence-electron chi connectivity index (χ2n) is 26.7. The number of hydrogen-bond donors (Lipinski definition) is 9. The Morgan fingerprint density at radius 2 is 0.825 bits per heavy atom. The summed E-state index contributed by atoms with van der Waals surface area (Å²) < 4.78 is 46.6. The summed E-state index contributed by atoms with van der Waals surface area (Å²) in [6.07, 6.45) is 2.93. The van der Waals surface area contributed by atoms with E-state index < -0.39 is 18.2 Å². The van der Waals surface area contributed by atoms with Gasteiger partial charge in [-0.05, 0) is 195 Å². The molecule has 1 unspecified atom stereocenters. The number of benzene rings is 10. The number of hydrogen-bond acceptors (Lipinski definition) is 22. The van der Waals surface area contributed by atoms with Crippen LogP contribution in [0.1, 0.15) is 66.5 Å². The van der Waals surface area contributed by atoms with Crippen molar-refractivity contribution in [2.75, 3.05) is 76.0 Å². The number of aromatic amines is 7. The molecule has 7 aromatic heterocycles. The second kappa shape index (κ2) is 45.6. The van der Waals surface area contributed by atoms with Gasteiger partial charge in [-0.25, -0.2) is 19.2 Å². The SMILES string of the molecule is CCOC(=O)/C=C(\c1ccccc1)c1ccc2c(OC)n[nH]c2c1.CCOC(=O)n1[nH]c(=O)c2ccc(Br)cc21.CCOC(=O)n1nc(OC)c2ccc(Br)cc21.CNCCC(c1ccccc1)c1ccc2c(OC)n[nH]c2c1.CNOC(=O)/C=C(\c1ccccc1)c1ccc2c(OC)n[nH]c2c1.COc1n[nH]c2cc(Br)ccc12.O=c1[nH][nH]c2cc(Br)ccc12. The summed E-state index contributed by atoms with van der Waals surface area (Å²) >= 11 is 13.3. The van der Waals surface area contributed by atoms with Crippen molar-refractivity contribution >= 4 is 175 Å². The lowest BCUT2D eigenvalue weighted by Crippen LogP contribution is -2.17. The Bertz CT molecular complexity index is 6610. The molecule has 0 saturated heterocycles. The lowest BCUT2D eigenvalue weighted by Gasteiger charge is -2.18. The molecule has 35 heteroatoms. The van der Waals surface area contributed by atoms with Crippen molar-refractivity contribution in [1.82, 2.24) is 81.3 Å². The van der Waals surface area contributed by atoms with Gasteiger partial charge in [0.1, 0.15) is 0 Å². The normalized spacial score (nSPS) is 11.3. The van der Waals surface area contributed by atoms with E-state index in [1.54, 1.807) is 79.5 Å². The van der Waals surface area contributed by atoms with E-state index in [2.05, 4.69) is 184 Å². The fourth-order valence-electron chi connectivity index (χ4n) is 13.1. The quantitative estimate of drug-likeness (QED) is 0.0148. The predicted octanol–water partition coefficient (Wildman–Crippen LogP) is 18.4. The Morgan fingerprint density at radius 3 is 1.32 bits per heavy atom. The van der Waals surface area contributed by atoms with Crippen LogP contribution in [0.2, 0.25) is 0 Å². The first-order valence-corrected chi connectivity index (χ1v) is 42.2. The molecule has 0 bridgehead atoms. The molecule has 0 spiro atoms. The highest BCUT2D eigenvalue weighted by Gasteiger charge is 2.21. The molecule has 0 aliphatic carbocycles. The maximum Gasteiger partial charge on any atom is 0.435 e. The zero-order chi connectivity index (χ0) is 89.8. The van der Waals surface area contributed by atoms with Crippen LogP contribution in [0.15, 0.2) is 258 Å². The summed E-state index contributed by atoms with van der Waals surface area (Å²) in [7, 11) is 11.5. The predicted molar refractivity (Wildman–Crippen MR) is 500 cm³/mol. The van der Waals surface area contributed by atoms with E-state index in [1.807, 2.05) is 147 Å². The number of ether oxygens (including phenoxy) is 8. The molecule has 126 heavy (non-hydrogen) atoms. The Morgan fingerprint density at radius 1 is 0.405 bits per heavy atom. The molecule has 17 rings (SSSR count). The van der Waals surface area contributed by atoms with Gasteiger partial charge in [0.25, 0.3) is 11.1 Å². The van der Waals surface area contributed by atoms with Crippen molar-refractivity contribution in [3.8, 4) is 29.4 Å². The molecule has 0 radical (unpaired) electrons. The minimum Gasteiger partial charge on any atom is -0.480 e. The van der Waals surface area contributed by atoms with E-state index in [9.17, 15) is 28.8 Å². The van der Waals surface area contributed by atoms with Gasteiger partial charge in [0.2, 0.25) is 29.4 Å². The fourth-order valence-corrected chi connectivity index (χ4v) is 14.5. The Hall–Kier alpha value is -13.7. The number of methoxy groups -OCH3 is 5. The van der Waals surface area contributed by atoms with Gasteiger partial charge in [0.15, 0.2) is 0 Å². The van der Waals surface area contributed by atoms with Gasteiger partial charge < -0.3 is 48.0 Å². The van der Waals surface area contributed by atoms with Gasteiger partial charge in [-0.1, -0.05) is 173 Å². The molecule has 0 amide bonds. The Balaban J connectivity index is 0.000000145. The summed E-state index contributed by atoms with van der Waals surface area (Å²) in [5.74, 6) is 2.30. The van der Waals surface area contributed by atoms with Gasteiger partial charge in [0.05, 0.1) is 132 Å². The molecule has 0 aliphatic rings. The highest BCUT2D eigenvalue weighted by molar-refractivity contribution is 9.11. The number of rotatable bonds is 20. The number of carbonyl (C=O) groups is 4. The number of nitrogens with one attached hydrogen (secondary N) is 9. The molecule has 0 fully saturated rings. The van der Waals surface area contributed by atoms with Crippen LogP contribution in [0.25, 0.3) is 87.5 Å². The summed E-state index contributed by atoms with van der Waals surface area (Å²) in [5, 5.41) is 48.9. The maximum absolute atomic E-state index is 12.0. The van der Waals surface area contributed by atoms with Gasteiger partial charge in [-0.15, -0.1) is 25.5 Å². The molecular weight excluding hydrogens is 1880 g/mol. The minimum atomic E-state index is -0.590. The van der Waals surface area contributed by atoms with E-state index >= 15 is 0 Å². The Kier molecular flexibility index (Phi) is 33.7. The number of H-pyrrole nitrogens is 7. The third-order valence-corrected chi connectivity index (χ3v) is 20.8. The standard InChI is InChI=1S/C19H18N2O3.C18H17N3O3.C18H21N3O.C11H11BrN2O3.C10H9BrN2O3.C8H7BrN2O.C7H5BrN2O/c1-3-24-18(22)12-16(13-7-5-4-6-8-13)14-9-10-15-17(11-14)20-21-19(15)23-2;1-19-24-17(22)11-15(12-6-4-3-5-7-12)13-8-9-14-16(10-13)20-21-18(14)23-2;1-19-11-10-15(13-6-4-3-5-7-13)14-8-9-16-17(12-14)20-21-18(16)22-2;1-3-17-11(15)14-9-6-7(12)4-5-8(9)10(13-14)16-2;1-2-16-10(15)13-8-5-6(11)3-4-7(8)9(14)12-13;1-12-8-6-3-2-5(9)4-7(6)10-11-8;8-4-1-2-5-6(3-4)9-10-7(5)11/h4-12H,3H2,1-2H3,(H,20,21);3-11,19H,1-2H3,(H,20,21);3-9,12,15,19H,10-11H2,1-2H3,(H,20,21);4-6H,3H2,1-2H3;3-5H,2H2,1H3,(H,12,14);2-4H,1H3,(H,10,11);1-3H,(H2,9,10,11)/b16-12+;15-11+;;;;;. The maximum atomic E-state index is 12.0. The van der Waals surface area contributed by atoms with Gasteiger partial charge in [-0.2, -0.15) is 14.8 Å². The average molecular weight is 1970 g/mol. The topological polar surface area (TPSA) is 394 Å².